The Kier molecular flexibility index (Phi) is 6.49. The maximum Gasteiger partial charge on any atom is 0.339 e. The summed E-state index contributed by atoms with van der Waals surface area (Å²) in [7, 11) is 0. The second kappa shape index (κ2) is 9.90. The van der Waals surface area contributed by atoms with Crippen molar-refractivity contribution in [3.8, 4) is 5.75 Å². The first kappa shape index (κ1) is 24.3. The van der Waals surface area contributed by atoms with Gasteiger partial charge in [-0.15, -0.1) is 6.58 Å². The van der Waals surface area contributed by atoms with E-state index in [9.17, 15) is 14.7 Å². The predicted octanol–water partition coefficient (Wildman–Crippen LogP) is 6.07. The van der Waals surface area contributed by atoms with Crippen molar-refractivity contribution in [3.05, 3.63) is 107 Å². The third kappa shape index (κ3) is 4.58. The lowest BCUT2D eigenvalue weighted by atomic mass is 10.0. The molecule has 4 aromatic rings. The van der Waals surface area contributed by atoms with E-state index in [-0.39, 0.29) is 18.1 Å². The van der Waals surface area contributed by atoms with Gasteiger partial charge in [-0.25, -0.2) is 9.78 Å². The Bertz CT molecular complexity index is 1580. The van der Waals surface area contributed by atoms with Gasteiger partial charge in [-0.05, 0) is 73.7 Å². The van der Waals surface area contributed by atoms with Gasteiger partial charge in [-0.3, -0.25) is 4.79 Å². The van der Waals surface area contributed by atoms with Crippen molar-refractivity contribution in [2.24, 2.45) is 0 Å². The molecule has 6 heteroatoms. The van der Waals surface area contributed by atoms with Gasteiger partial charge in [0, 0.05) is 28.9 Å². The monoisotopic (exact) mass is 492 g/mol. The summed E-state index contributed by atoms with van der Waals surface area (Å²) in [5.41, 5.74) is 7.09. The lowest BCUT2D eigenvalue weighted by Gasteiger charge is -2.12. The van der Waals surface area contributed by atoms with Crippen molar-refractivity contribution in [2.75, 3.05) is 6.61 Å². The number of hydrogen-bond donors (Lipinski definition) is 1. The third-order valence-electron chi connectivity index (χ3n) is 6.90. The molecule has 0 radical (unpaired) electrons. The van der Waals surface area contributed by atoms with Crippen molar-refractivity contribution < 1.29 is 19.4 Å². The number of phenols is 1. The van der Waals surface area contributed by atoms with Gasteiger partial charge in [-0.1, -0.05) is 36.4 Å². The van der Waals surface area contributed by atoms with Crippen LogP contribution >= 0.6 is 0 Å². The number of hydrogen-bond acceptors (Lipinski definition) is 5. The summed E-state index contributed by atoms with van der Waals surface area (Å²) in [5.74, 6) is -0.547. The standard InChI is InChI=1S/C31H28N2O4/c1-4-15-33-19(2)16-26(20(33)3)28(35)18-37-31(36)29-24-7-5-6-8-27(24)32-30-22(11-14-25(29)30)17-21-9-12-23(34)13-10-21/h4-10,12-13,16-17,34H,1,11,14-15,18H2,2-3H3/b22-17+. The second-order valence-electron chi connectivity index (χ2n) is 9.28. The number of aryl methyl sites for hydroxylation is 1. The molecule has 2 heterocycles. The van der Waals surface area contributed by atoms with Gasteiger partial charge in [0.25, 0.3) is 0 Å². The molecular weight excluding hydrogens is 464 g/mol. The molecule has 0 amide bonds. The van der Waals surface area contributed by atoms with Crippen molar-refractivity contribution in [1.29, 1.82) is 0 Å². The van der Waals surface area contributed by atoms with Gasteiger partial charge in [-0.2, -0.15) is 0 Å². The number of benzene rings is 2. The molecule has 0 aliphatic heterocycles. The molecule has 37 heavy (non-hydrogen) atoms. The Balaban J connectivity index is 1.46. The topological polar surface area (TPSA) is 81.4 Å². The zero-order valence-electron chi connectivity index (χ0n) is 21.0. The number of carbonyl (C=O) groups is 2. The van der Waals surface area contributed by atoms with Crippen LogP contribution in [-0.4, -0.2) is 33.0 Å². The van der Waals surface area contributed by atoms with Crippen LogP contribution in [-0.2, 0) is 17.7 Å². The number of aromatic nitrogens is 2. The molecule has 2 aromatic heterocycles. The highest BCUT2D eigenvalue weighted by Crippen LogP contribution is 2.38. The highest BCUT2D eigenvalue weighted by Gasteiger charge is 2.28. The van der Waals surface area contributed by atoms with Crippen LogP contribution in [0.25, 0.3) is 22.6 Å². The SMILES string of the molecule is C=CCn1c(C)cc(C(=O)COC(=O)c2c3c(nc4ccccc24)/C(=C/c2ccc(O)cc2)CC3)c1C. The Morgan fingerprint density at radius 3 is 2.62 bits per heavy atom. The number of para-hydroxylation sites is 1. The molecule has 1 aliphatic rings. The summed E-state index contributed by atoms with van der Waals surface area (Å²) < 4.78 is 7.62. The quantitative estimate of drug-likeness (QED) is 0.192. The zero-order chi connectivity index (χ0) is 26.1. The first-order valence-electron chi connectivity index (χ1n) is 12.3. The number of rotatable bonds is 7. The smallest absolute Gasteiger partial charge is 0.339 e. The lowest BCUT2D eigenvalue weighted by Crippen LogP contribution is -2.17. The van der Waals surface area contributed by atoms with Crippen LogP contribution in [0.5, 0.6) is 5.75 Å². The van der Waals surface area contributed by atoms with E-state index < -0.39 is 5.97 Å². The maximum absolute atomic E-state index is 13.4. The summed E-state index contributed by atoms with van der Waals surface area (Å²) in [5, 5.41) is 10.3. The predicted molar refractivity (Wildman–Crippen MR) is 145 cm³/mol. The average molecular weight is 493 g/mol. The molecule has 0 fully saturated rings. The molecule has 0 saturated heterocycles. The van der Waals surface area contributed by atoms with Gasteiger partial charge in [0.05, 0.1) is 16.8 Å². The third-order valence-corrected chi connectivity index (χ3v) is 6.90. The summed E-state index contributed by atoms with van der Waals surface area (Å²) >= 11 is 0. The first-order chi connectivity index (χ1) is 17.9. The van der Waals surface area contributed by atoms with Crippen LogP contribution in [0, 0.1) is 13.8 Å². The van der Waals surface area contributed by atoms with Crippen LogP contribution in [0.2, 0.25) is 0 Å². The Hall–Kier alpha value is -4.45. The number of phenolic OH excluding ortho intramolecular Hbond substituents is 1. The molecule has 0 unspecified atom stereocenters. The fraction of sp³-hybridized carbons (Fsp3) is 0.194. The van der Waals surface area contributed by atoms with Crippen LogP contribution in [0.15, 0.2) is 67.3 Å². The fourth-order valence-corrected chi connectivity index (χ4v) is 5.06. The Morgan fingerprint density at radius 1 is 1.11 bits per heavy atom. The minimum Gasteiger partial charge on any atom is -0.508 e. The highest BCUT2D eigenvalue weighted by atomic mass is 16.5. The number of carbonyl (C=O) groups excluding carboxylic acids is 2. The number of allylic oxidation sites excluding steroid dienone is 2. The largest absolute Gasteiger partial charge is 0.508 e. The zero-order valence-corrected chi connectivity index (χ0v) is 21.0. The number of aromatic hydroxyl groups is 1. The normalized spacial score (nSPS) is 13.6. The molecule has 186 valence electrons. The van der Waals surface area contributed by atoms with Crippen LogP contribution < -0.4 is 0 Å². The van der Waals surface area contributed by atoms with E-state index in [4.69, 9.17) is 9.72 Å². The number of Topliss-reactive ketones (excluding diaryl/α,β-unsaturated/α-hetero) is 1. The van der Waals surface area contributed by atoms with E-state index in [1.165, 1.54) is 0 Å². The Labute approximate surface area is 215 Å². The maximum atomic E-state index is 13.4. The van der Waals surface area contributed by atoms with E-state index in [2.05, 4.69) is 6.58 Å². The molecule has 5 rings (SSSR count). The summed E-state index contributed by atoms with van der Waals surface area (Å²) in [6.45, 7) is 7.88. The molecular formula is C31H28N2O4. The van der Waals surface area contributed by atoms with Gasteiger partial charge in [0.1, 0.15) is 5.75 Å². The van der Waals surface area contributed by atoms with Crippen molar-refractivity contribution >= 4 is 34.3 Å². The minimum atomic E-state index is -0.519. The molecule has 6 nitrogen and oxygen atoms in total. The van der Waals surface area contributed by atoms with Gasteiger partial charge in [0.15, 0.2) is 6.61 Å². The van der Waals surface area contributed by atoms with Gasteiger partial charge >= 0.3 is 5.97 Å². The average Bonchev–Trinajstić information content (AvgIpc) is 3.42. The van der Waals surface area contributed by atoms with E-state index >= 15 is 0 Å². The van der Waals surface area contributed by atoms with Crippen molar-refractivity contribution in [2.45, 2.75) is 33.2 Å². The second-order valence-corrected chi connectivity index (χ2v) is 9.28. The number of pyridine rings is 1. The van der Waals surface area contributed by atoms with Gasteiger partial charge in [0.2, 0.25) is 5.78 Å². The summed E-state index contributed by atoms with van der Waals surface area (Å²) in [6, 6.07) is 16.3. The molecule has 0 saturated carbocycles. The van der Waals surface area contributed by atoms with E-state index in [0.717, 1.165) is 40.2 Å². The van der Waals surface area contributed by atoms with E-state index in [1.807, 2.05) is 67.0 Å². The van der Waals surface area contributed by atoms with Crippen molar-refractivity contribution in [3.63, 3.8) is 0 Å². The molecule has 0 bridgehead atoms. The van der Waals surface area contributed by atoms with Crippen LogP contribution in [0.3, 0.4) is 0 Å². The molecule has 2 aromatic carbocycles. The number of ketones is 1. The summed E-state index contributed by atoms with van der Waals surface area (Å²) in [4.78, 5) is 31.3. The highest BCUT2D eigenvalue weighted by molar-refractivity contribution is 6.08. The van der Waals surface area contributed by atoms with E-state index in [0.29, 0.717) is 35.0 Å². The van der Waals surface area contributed by atoms with Crippen LogP contribution in [0.4, 0.5) is 0 Å². The minimum absolute atomic E-state index is 0.209. The van der Waals surface area contributed by atoms with E-state index in [1.54, 1.807) is 18.2 Å². The van der Waals surface area contributed by atoms with Crippen LogP contribution in [0.1, 0.15) is 55.3 Å². The molecule has 1 aliphatic carbocycles. The molecule has 0 atom stereocenters. The number of ether oxygens (including phenoxy) is 1. The first-order valence-corrected chi connectivity index (χ1v) is 12.3. The number of esters is 1. The fourth-order valence-electron chi connectivity index (χ4n) is 5.06. The molecule has 0 spiro atoms. The Morgan fingerprint density at radius 2 is 1.86 bits per heavy atom. The molecule has 1 N–H and O–H groups in total. The van der Waals surface area contributed by atoms with Crippen molar-refractivity contribution in [1.82, 2.24) is 9.55 Å². The van der Waals surface area contributed by atoms with Gasteiger partial charge < -0.3 is 14.4 Å². The summed E-state index contributed by atoms with van der Waals surface area (Å²) in [6.07, 6.45) is 5.20. The number of fused-ring (bicyclic) bond motifs is 2. The lowest BCUT2D eigenvalue weighted by molar-refractivity contribution is 0.0475. The number of nitrogens with zero attached hydrogens (tertiary/aromatic N) is 2.